The molecule has 2 atom stereocenters. The van der Waals surface area contributed by atoms with Crippen molar-refractivity contribution in [3.05, 3.63) is 36.2 Å². The summed E-state index contributed by atoms with van der Waals surface area (Å²) in [7, 11) is 0. The SMILES string of the molecule is CC1(C)[C@H](C(=O)O)[C@H]1C(=O)NCc1nc(-c2ccccc2)no1. The van der Waals surface area contributed by atoms with Crippen LogP contribution in [-0.2, 0) is 16.1 Å². The highest BCUT2D eigenvalue weighted by molar-refractivity contribution is 5.91. The van der Waals surface area contributed by atoms with Gasteiger partial charge in [-0.05, 0) is 5.41 Å². The molecule has 1 aromatic carbocycles. The van der Waals surface area contributed by atoms with Gasteiger partial charge in [0.2, 0.25) is 17.6 Å². The molecule has 0 unspecified atom stereocenters. The lowest BCUT2D eigenvalue weighted by molar-refractivity contribution is -0.140. The van der Waals surface area contributed by atoms with Gasteiger partial charge in [-0.2, -0.15) is 4.98 Å². The molecule has 1 heterocycles. The Morgan fingerprint density at radius 2 is 1.96 bits per heavy atom. The lowest BCUT2D eigenvalue weighted by Crippen LogP contribution is -2.27. The van der Waals surface area contributed by atoms with E-state index in [-0.39, 0.29) is 18.3 Å². The molecule has 2 aromatic rings. The quantitative estimate of drug-likeness (QED) is 0.870. The van der Waals surface area contributed by atoms with E-state index in [1.54, 1.807) is 13.8 Å². The van der Waals surface area contributed by atoms with Gasteiger partial charge in [0.25, 0.3) is 0 Å². The van der Waals surface area contributed by atoms with Crippen molar-refractivity contribution in [2.45, 2.75) is 20.4 Å². The minimum atomic E-state index is -0.945. The van der Waals surface area contributed by atoms with Gasteiger partial charge in [-0.3, -0.25) is 9.59 Å². The van der Waals surface area contributed by atoms with Crippen molar-refractivity contribution in [1.82, 2.24) is 15.5 Å². The first-order chi connectivity index (χ1) is 10.9. The number of rotatable bonds is 5. The summed E-state index contributed by atoms with van der Waals surface area (Å²) < 4.78 is 5.10. The third-order valence-corrected chi connectivity index (χ3v) is 4.29. The molecule has 1 aromatic heterocycles. The van der Waals surface area contributed by atoms with E-state index >= 15 is 0 Å². The van der Waals surface area contributed by atoms with Gasteiger partial charge in [-0.1, -0.05) is 49.3 Å². The number of amides is 1. The van der Waals surface area contributed by atoms with Gasteiger partial charge in [0.1, 0.15) is 0 Å². The fourth-order valence-electron chi connectivity index (χ4n) is 2.89. The van der Waals surface area contributed by atoms with Crippen molar-refractivity contribution in [2.24, 2.45) is 17.3 Å². The molecule has 0 saturated heterocycles. The Bertz CT molecular complexity index is 739. The Hall–Kier alpha value is -2.70. The van der Waals surface area contributed by atoms with Crippen molar-refractivity contribution >= 4 is 11.9 Å². The maximum absolute atomic E-state index is 12.1. The summed E-state index contributed by atoms with van der Waals surface area (Å²) in [5.74, 6) is -1.70. The minimum absolute atomic E-state index is 0.0809. The minimum Gasteiger partial charge on any atom is -0.481 e. The molecule has 23 heavy (non-hydrogen) atoms. The van der Waals surface area contributed by atoms with Crippen molar-refractivity contribution in [2.75, 3.05) is 0 Å². The molecule has 0 spiro atoms. The summed E-state index contributed by atoms with van der Waals surface area (Å²) in [6.07, 6.45) is 0. The van der Waals surface area contributed by atoms with Gasteiger partial charge in [0.15, 0.2) is 0 Å². The Morgan fingerprint density at radius 3 is 2.57 bits per heavy atom. The number of nitrogens with one attached hydrogen (secondary N) is 1. The highest BCUT2D eigenvalue weighted by Gasteiger charge is 2.65. The van der Waals surface area contributed by atoms with Crippen LogP contribution in [0.2, 0.25) is 0 Å². The summed E-state index contributed by atoms with van der Waals surface area (Å²) in [6, 6.07) is 9.35. The smallest absolute Gasteiger partial charge is 0.307 e. The molecule has 1 fully saturated rings. The second kappa shape index (κ2) is 5.49. The number of hydrogen-bond donors (Lipinski definition) is 2. The van der Waals surface area contributed by atoms with Crippen molar-refractivity contribution in [3.8, 4) is 11.4 Å². The molecule has 1 amide bonds. The zero-order valence-electron chi connectivity index (χ0n) is 12.8. The predicted octanol–water partition coefficient (Wildman–Crippen LogP) is 1.71. The molecule has 0 bridgehead atoms. The van der Waals surface area contributed by atoms with Crippen molar-refractivity contribution in [1.29, 1.82) is 0 Å². The Balaban J connectivity index is 1.61. The average molecular weight is 315 g/mol. The maximum atomic E-state index is 12.1. The van der Waals surface area contributed by atoms with E-state index in [1.807, 2.05) is 30.3 Å². The van der Waals surface area contributed by atoms with Crippen molar-refractivity contribution < 1.29 is 19.2 Å². The summed E-state index contributed by atoms with van der Waals surface area (Å²) in [4.78, 5) is 27.4. The van der Waals surface area contributed by atoms with Gasteiger partial charge in [-0.15, -0.1) is 0 Å². The highest BCUT2D eigenvalue weighted by Crippen LogP contribution is 2.58. The molecular formula is C16H17N3O4. The summed E-state index contributed by atoms with van der Waals surface area (Å²) in [5.41, 5.74) is 0.294. The highest BCUT2D eigenvalue weighted by atomic mass is 16.5. The van der Waals surface area contributed by atoms with Crippen LogP contribution in [0, 0.1) is 17.3 Å². The molecule has 1 saturated carbocycles. The van der Waals surface area contributed by atoms with Gasteiger partial charge < -0.3 is 14.9 Å². The van der Waals surface area contributed by atoms with Gasteiger partial charge in [-0.25, -0.2) is 0 Å². The zero-order valence-corrected chi connectivity index (χ0v) is 12.8. The number of hydrogen-bond acceptors (Lipinski definition) is 5. The van der Waals surface area contributed by atoms with Crippen LogP contribution in [0.15, 0.2) is 34.9 Å². The Kier molecular flexibility index (Phi) is 3.63. The van der Waals surface area contributed by atoms with E-state index in [9.17, 15) is 9.59 Å². The molecule has 1 aliphatic carbocycles. The number of aromatic nitrogens is 2. The number of carboxylic acids is 1. The van der Waals surface area contributed by atoms with Crippen LogP contribution in [-0.4, -0.2) is 27.1 Å². The van der Waals surface area contributed by atoms with E-state index in [0.717, 1.165) is 5.56 Å². The van der Waals surface area contributed by atoms with E-state index in [0.29, 0.717) is 5.82 Å². The summed E-state index contributed by atoms with van der Waals surface area (Å²) >= 11 is 0. The zero-order chi connectivity index (χ0) is 16.6. The number of aliphatic carboxylic acids is 1. The standard InChI is InChI=1S/C16H17N3O4/c1-16(2)11(12(16)15(21)22)14(20)17-8-10-18-13(19-23-10)9-6-4-3-5-7-9/h3-7,11-12H,8H2,1-2H3,(H,17,20)(H,21,22)/t11-,12-/m0/s1. The molecule has 0 radical (unpaired) electrons. The van der Waals surface area contributed by atoms with Crippen LogP contribution in [0.3, 0.4) is 0 Å². The molecule has 7 nitrogen and oxygen atoms in total. The summed E-state index contributed by atoms with van der Waals surface area (Å²) in [6.45, 7) is 3.63. The van der Waals surface area contributed by atoms with Gasteiger partial charge in [0, 0.05) is 5.56 Å². The fraction of sp³-hybridized carbons (Fsp3) is 0.375. The van der Waals surface area contributed by atoms with Crippen LogP contribution < -0.4 is 5.32 Å². The second-order valence-electron chi connectivity index (χ2n) is 6.21. The van der Waals surface area contributed by atoms with Crippen molar-refractivity contribution in [3.63, 3.8) is 0 Å². The number of benzene rings is 1. The lowest BCUT2D eigenvalue weighted by Gasteiger charge is -2.02. The molecule has 3 rings (SSSR count). The number of nitrogens with zero attached hydrogens (tertiary/aromatic N) is 2. The topological polar surface area (TPSA) is 105 Å². The molecule has 7 heteroatoms. The third-order valence-electron chi connectivity index (χ3n) is 4.29. The van der Waals surface area contributed by atoms with E-state index in [4.69, 9.17) is 9.63 Å². The first-order valence-electron chi connectivity index (χ1n) is 7.30. The van der Waals surface area contributed by atoms with E-state index < -0.39 is 23.2 Å². The second-order valence-corrected chi connectivity index (χ2v) is 6.21. The normalized spacial score (nSPS) is 21.7. The Morgan fingerprint density at radius 1 is 1.26 bits per heavy atom. The largest absolute Gasteiger partial charge is 0.481 e. The lowest BCUT2D eigenvalue weighted by atomic mass is 10.1. The van der Waals surface area contributed by atoms with Crippen LogP contribution in [0.4, 0.5) is 0 Å². The molecule has 2 N–H and O–H groups in total. The first kappa shape index (κ1) is 15.2. The van der Waals surface area contributed by atoms with Crippen LogP contribution >= 0.6 is 0 Å². The van der Waals surface area contributed by atoms with Crippen LogP contribution in [0.1, 0.15) is 19.7 Å². The van der Waals surface area contributed by atoms with Gasteiger partial charge >= 0.3 is 5.97 Å². The fourth-order valence-corrected chi connectivity index (χ4v) is 2.89. The monoisotopic (exact) mass is 315 g/mol. The van der Waals surface area contributed by atoms with Gasteiger partial charge in [0.05, 0.1) is 18.4 Å². The number of carbonyl (C=O) groups excluding carboxylic acids is 1. The molecular weight excluding hydrogens is 298 g/mol. The van der Waals surface area contributed by atoms with Crippen LogP contribution in [0.5, 0.6) is 0 Å². The first-order valence-corrected chi connectivity index (χ1v) is 7.30. The predicted molar refractivity (Wildman–Crippen MR) is 80.0 cm³/mol. The maximum Gasteiger partial charge on any atom is 0.307 e. The number of carbonyl (C=O) groups is 2. The van der Waals surface area contributed by atoms with Crippen LogP contribution in [0.25, 0.3) is 11.4 Å². The number of carboxylic acid groups (broad SMARTS) is 1. The molecule has 0 aliphatic heterocycles. The molecule has 1 aliphatic rings. The molecule has 120 valence electrons. The van der Waals surface area contributed by atoms with E-state index in [1.165, 1.54) is 0 Å². The Labute approximate surface area is 132 Å². The third kappa shape index (κ3) is 2.81. The summed E-state index contributed by atoms with van der Waals surface area (Å²) in [5, 5.41) is 15.6. The average Bonchev–Trinajstić information content (AvgIpc) is 2.88. The van der Waals surface area contributed by atoms with E-state index in [2.05, 4.69) is 15.5 Å².